The van der Waals surface area contributed by atoms with Crippen LogP contribution in [0.2, 0.25) is 0 Å². The van der Waals surface area contributed by atoms with Crippen LogP contribution in [-0.4, -0.2) is 11.1 Å². The molecule has 2 nitrogen and oxygen atoms in total. The highest BCUT2D eigenvalue weighted by atomic mass is 16.4. The number of unbranched alkanes of at least 4 members (excludes halogenated alkanes) is 16. The number of benzene rings is 1. The standard InChI is InChI=1S/C26H44.C3H4O2/c1-2-3-4-5-6-7-8-9-10-11-12-13-14-15-16-17-18-20-23-26-24-21-19-22-25-26;1-2-3(4)5/h19-25H,2-18H2,1H3;2H,1H2,(H,4,5). The largest absolute Gasteiger partial charge is 0.478 e. The first-order chi connectivity index (χ1) is 15.2. The monoisotopic (exact) mass is 428 g/mol. The molecule has 2 heteroatoms. The van der Waals surface area contributed by atoms with Crippen molar-refractivity contribution in [2.45, 2.75) is 116 Å². The van der Waals surface area contributed by atoms with E-state index in [-0.39, 0.29) is 0 Å². The summed E-state index contributed by atoms with van der Waals surface area (Å²) in [5.74, 6) is -0.981. The number of allylic oxidation sites excluding steroid dienone is 1. The first kappa shape index (κ1) is 29.2. The molecule has 0 aromatic heterocycles. The van der Waals surface area contributed by atoms with E-state index in [9.17, 15) is 4.79 Å². The third-order valence-electron chi connectivity index (χ3n) is 5.51. The molecule has 0 unspecified atom stereocenters. The van der Waals surface area contributed by atoms with Gasteiger partial charge in [0.05, 0.1) is 0 Å². The van der Waals surface area contributed by atoms with E-state index >= 15 is 0 Å². The molecule has 0 heterocycles. The van der Waals surface area contributed by atoms with Gasteiger partial charge in [0.2, 0.25) is 0 Å². The molecule has 0 spiro atoms. The average Bonchev–Trinajstić information content (AvgIpc) is 2.79. The van der Waals surface area contributed by atoms with Crippen molar-refractivity contribution in [1.29, 1.82) is 0 Å². The maximum absolute atomic E-state index is 9.25. The second-order valence-corrected chi connectivity index (χ2v) is 8.45. The van der Waals surface area contributed by atoms with Crippen LogP contribution < -0.4 is 0 Å². The highest BCUT2D eigenvalue weighted by Crippen LogP contribution is 2.14. The first-order valence-electron chi connectivity index (χ1n) is 12.8. The zero-order valence-electron chi connectivity index (χ0n) is 20.2. The summed E-state index contributed by atoms with van der Waals surface area (Å²) in [5, 5.41) is 7.60. The van der Waals surface area contributed by atoms with Crippen molar-refractivity contribution in [3.05, 3.63) is 54.6 Å². The third kappa shape index (κ3) is 24.3. The van der Waals surface area contributed by atoms with Gasteiger partial charge in [0.1, 0.15) is 0 Å². The number of hydrogen-bond acceptors (Lipinski definition) is 1. The highest BCUT2D eigenvalue weighted by Gasteiger charge is 1.94. The van der Waals surface area contributed by atoms with Crippen molar-refractivity contribution >= 4 is 12.0 Å². The molecule has 31 heavy (non-hydrogen) atoms. The zero-order chi connectivity index (χ0) is 22.8. The Kier molecular flexibility index (Phi) is 23.0. The molecule has 176 valence electrons. The van der Waals surface area contributed by atoms with E-state index in [1.165, 1.54) is 115 Å². The second kappa shape index (κ2) is 24.4. The Labute approximate surface area is 192 Å². The highest BCUT2D eigenvalue weighted by molar-refractivity contribution is 5.78. The van der Waals surface area contributed by atoms with E-state index in [0.29, 0.717) is 0 Å². The average molecular weight is 429 g/mol. The summed E-state index contributed by atoms with van der Waals surface area (Å²) in [6.45, 7) is 5.26. The van der Waals surface area contributed by atoms with E-state index in [0.717, 1.165) is 6.08 Å². The molecule has 0 saturated heterocycles. The molecule has 1 rings (SSSR count). The Balaban J connectivity index is 0.00000161. The van der Waals surface area contributed by atoms with Crippen LogP contribution in [0.15, 0.2) is 49.1 Å². The predicted octanol–water partition coefficient (Wildman–Crippen LogP) is 9.61. The second-order valence-electron chi connectivity index (χ2n) is 8.45. The Bertz CT molecular complexity index is 533. The molecule has 1 aromatic carbocycles. The van der Waals surface area contributed by atoms with Gasteiger partial charge in [-0.15, -0.1) is 0 Å². The number of hydrogen-bond donors (Lipinski definition) is 1. The minimum atomic E-state index is -0.981. The fraction of sp³-hybridized carbons (Fsp3) is 0.621. The number of carboxylic acids is 1. The lowest BCUT2D eigenvalue weighted by molar-refractivity contribution is -0.131. The van der Waals surface area contributed by atoms with Gasteiger partial charge >= 0.3 is 5.97 Å². The van der Waals surface area contributed by atoms with Crippen molar-refractivity contribution in [3.8, 4) is 0 Å². The molecule has 0 aliphatic rings. The third-order valence-corrected chi connectivity index (χ3v) is 5.51. The van der Waals surface area contributed by atoms with Crippen molar-refractivity contribution in [3.63, 3.8) is 0 Å². The molecule has 0 bridgehead atoms. The van der Waals surface area contributed by atoms with Crippen LogP contribution in [0.1, 0.15) is 122 Å². The smallest absolute Gasteiger partial charge is 0.327 e. The van der Waals surface area contributed by atoms with Crippen LogP contribution in [-0.2, 0) is 4.79 Å². The lowest BCUT2D eigenvalue weighted by atomic mass is 10.0. The maximum atomic E-state index is 9.25. The van der Waals surface area contributed by atoms with Crippen molar-refractivity contribution in [1.82, 2.24) is 0 Å². The molecule has 0 saturated carbocycles. The van der Waals surface area contributed by atoms with Crippen LogP contribution in [0.4, 0.5) is 0 Å². The normalized spacial score (nSPS) is 10.6. The van der Waals surface area contributed by atoms with Gasteiger partial charge in [-0.3, -0.25) is 0 Å². The lowest BCUT2D eigenvalue weighted by Crippen LogP contribution is -1.83. The molecule has 0 amide bonds. The van der Waals surface area contributed by atoms with Gasteiger partial charge in [-0.2, -0.15) is 0 Å². The summed E-state index contributed by atoms with van der Waals surface area (Å²) in [5.41, 5.74) is 1.32. The molecule has 0 radical (unpaired) electrons. The molecule has 0 aliphatic heterocycles. The number of rotatable bonds is 19. The Morgan fingerprint density at radius 1 is 0.742 bits per heavy atom. The van der Waals surface area contributed by atoms with E-state index in [2.05, 4.69) is 56.0 Å². The fourth-order valence-electron chi connectivity index (χ4n) is 3.59. The summed E-state index contributed by atoms with van der Waals surface area (Å²) < 4.78 is 0. The van der Waals surface area contributed by atoms with Gasteiger partial charge in [0.15, 0.2) is 0 Å². The van der Waals surface area contributed by atoms with Gasteiger partial charge in [-0.25, -0.2) is 4.79 Å². The fourth-order valence-corrected chi connectivity index (χ4v) is 3.59. The van der Waals surface area contributed by atoms with Gasteiger partial charge in [-0.05, 0) is 18.4 Å². The quantitative estimate of drug-likeness (QED) is 0.176. The Hall–Kier alpha value is -1.83. The summed E-state index contributed by atoms with van der Waals surface area (Å²) in [7, 11) is 0. The van der Waals surface area contributed by atoms with Crippen LogP contribution in [0.3, 0.4) is 0 Å². The van der Waals surface area contributed by atoms with Crippen LogP contribution in [0.5, 0.6) is 0 Å². The van der Waals surface area contributed by atoms with E-state index in [1.54, 1.807) is 0 Å². The van der Waals surface area contributed by atoms with E-state index in [1.807, 2.05) is 0 Å². The van der Waals surface area contributed by atoms with Crippen LogP contribution in [0, 0.1) is 0 Å². The minimum Gasteiger partial charge on any atom is -0.478 e. The van der Waals surface area contributed by atoms with Gasteiger partial charge < -0.3 is 5.11 Å². The van der Waals surface area contributed by atoms with Gasteiger partial charge in [0.25, 0.3) is 0 Å². The number of carboxylic acid groups (broad SMARTS) is 1. The van der Waals surface area contributed by atoms with Gasteiger partial charge in [0, 0.05) is 6.08 Å². The summed E-state index contributed by atoms with van der Waals surface area (Å²) in [6.07, 6.45) is 29.8. The molecular weight excluding hydrogens is 380 g/mol. The Morgan fingerprint density at radius 2 is 1.13 bits per heavy atom. The zero-order valence-corrected chi connectivity index (χ0v) is 20.2. The van der Waals surface area contributed by atoms with E-state index in [4.69, 9.17) is 5.11 Å². The van der Waals surface area contributed by atoms with Crippen LogP contribution >= 0.6 is 0 Å². The molecule has 0 aliphatic carbocycles. The predicted molar refractivity (Wildman–Crippen MR) is 137 cm³/mol. The molecule has 0 atom stereocenters. The van der Waals surface area contributed by atoms with Crippen LogP contribution in [0.25, 0.3) is 6.08 Å². The molecular formula is C29H48O2. The molecule has 0 fully saturated rings. The lowest BCUT2D eigenvalue weighted by Gasteiger charge is -2.03. The number of aliphatic carboxylic acids is 1. The van der Waals surface area contributed by atoms with Crippen molar-refractivity contribution in [2.24, 2.45) is 0 Å². The summed E-state index contributed by atoms with van der Waals surface area (Å²) in [4.78, 5) is 9.25. The maximum Gasteiger partial charge on any atom is 0.327 e. The van der Waals surface area contributed by atoms with E-state index < -0.39 is 5.97 Å². The molecule has 1 aromatic rings. The SMILES string of the molecule is C=CC(=O)O.CCCCCCCCCCCCCCCCCCC=Cc1ccccc1. The first-order valence-corrected chi connectivity index (χ1v) is 12.8. The van der Waals surface area contributed by atoms with Gasteiger partial charge in [-0.1, -0.05) is 152 Å². The topological polar surface area (TPSA) is 37.3 Å². The Morgan fingerprint density at radius 3 is 1.52 bits per heavy atom. The minimum absolute atomic E-state index is 0.833. The summed E-state index contributed by atoms with van der Waals surface area (Å²) in [6, 6.07) is 10.6. The summed E-state index contributed by atoms with van der Waals surface area (Å²) >= 11 is 0. The van der Waals surface area contributed by atoms with Crippen molar-refractivity contribution in [2.75, 3.05) is 0 Å². The number of carbonyl (C=O) groups is 1. The molecule has 1 N–H and O–H groups in total. The van der Waals surface area contributed by atoms with Crippen molar-refractivity contribution < 1.29 is 9.90 Å².